The van der Waals surface area contributed by atoms with E-state index in [-0.39, 0.29) is 13.0 Å². The standard InChI is InChI=1S/C12H17F9OSi/c1-3-23(2,8-6-4-5-7-22-8)12(20,21)10(15,16)9(13,14)11(17,18)19/h8H,3-7H2,1-2H3. The normalized spacial score (nSPS) is 24.4. The highest BCUT2D eigenvalue weighted by molar-refractivity contribution is 6.82. The molecule has 1 saturated heterocycles. The maximum absolute atomic E-state index is 14.3. The second kappa shape index (κ2) is 6.12. The van der Waals surface area contributed by atoms with Gasteiger partial charge >= 0.3 is 18.0 Å². The summed E-state index contributed by atoms with van der Waals surface area (Å²) >= 11 is 0. The molecule has 23 heavy (non-hydrogen) atoms. The first kappa shape index (κ1) is 20.6. The van der Waals surface area contributed by atoms with Crippen molar-refractivity contribution >= 4 is 8.07 Å². The molecule has 2 atom stereocenters. The SMILES string of the molecule is CC[Si](C)(C1CCCCO1)C(F)(F)C(F)(F)C(F)(F)C(F)(F)F. The number of hydrogen-bond acceptors (Lipinski definition) is 1. The summed E-state index contributed by atoms with van der Waals surface area (Å²) in [5, 5.41) is 0. The fourth-order valence-electron chi connectivity index (χ4n) is 2.63. The summed E-state index contributed by atoms with van der Waals surface area (Å²) in [7, 11) is -4.66. The van der Waals surface area contributed by atoms with Crippen molar-refractivity contribution in [3.05, 3.63) is 0 Å². The van der Waals surface area contributed by atoms with Gasteiger partial charge in [-0.1, -0.05) is 19.5 Å². The average molecular weight is 376 g/mol. The van der Waals surface area contributed by atoms with Crippen LogP contribution in [0.4, 0.5) is 39.5 Å². The van der Waals surface area contributed by atoms with Crippen LogP contribution in [0.25, 0.3) is 0 Å². The molecule has 0 spiro atoms. The second-order valence-electron chi connectivity index (χ2n) is 5.85. The van der Waals surface area contributed by atoms with Crippen molar-refractivity contribution in [3.8, 4) is 0 Å². The Balaban J connectivity index is 3.34. The van der Waals surface area contributed by atoms with E-state index in [0.717, 1.165) is 6.92 Å². The Labute approximate surface area is 128 Å². The summed E-state index contributed by atoms with van der Waals surface area (Å²) in [6.07, 6.45) is -5.98. The van der Waals surface area contributed by atoms with E-state index in [0.29, 0.717) is 19.4 Å². The van der Waals surface area contributed by atoms with Crippen LogP contribution >= 0.6 is 0 Å². The highest BCUT2D eigenvalue weighted by Gasteiger charge is 2.85. The van der Waals surface area contributed by atoms with E-state index in [2.05, 4.69) is 0 Å². The summed E-state index contributed by atoms with van der Waals surface area (Å²) in [6, 6.07) is -0.617. The van der Waals surface area contributed by atoms with Crippen molar-refractivity contribution in [2.24, 2.45) is 0 Å². The highest BCUT2D eigenvalue weighted by Crippen LogP contribution is 2.57. The van der Waals surface area contributed by atoms with E-state index in [1.54, 1.807) is 0 Å². The van der Waals surface area contributed by atoms with Crippen LogP contribution < -0.4 is 0 Å². The number of ether oxygens (including phenoxy) is 1. The molecule has 0 aliphatic carbocycles. The van der Waals surface area contributed by atoms with Crippen LogP contribution in [0, 0.1) is 0 Å². The van der Waals surface area contributed by atoms with E-state index in [4.69, 9.17) is 4.74 Å². The quantitative estimate of drug-likeness (QED) is 0.473. The van der Waals surface area contributed by atoms with Crippen LogP contribution in [-0.2, 0) is 4.74 Å². The molecule has 1 fully saturated rings. The third-order valence-electron chi connectivity index (χ3n) is 4.49. The van der Waals surface area contributed by atoms with Crippen LogP contribution in [0.1, 0.15) is 26.2 Å². The minimum absolute atomic E-state index is 0.00935. The molecule has 0 saturated carbocycles. The molecule has 138 valence electrons. The number of halogens is 9. The van der Waals surface area contributed by atoms with E-state index < -0.39 is 43.4 Å². The smallest absolute Gasteiger partial charge is 0.381 e. The Hall–Kier alpha value is -0.453. The van der Waals surface area contributed by atoms with Gasteiger partial charge in [-0.3, -0.25) is 0 Å². The van der Waals surface area contributed by atoms with Gasteiger partial charge in [-0.2, -0.15) is 30.7 Å². The summed E-state index contributed by atoms with van der Waals surface area (Å²) in [5.74, 6) is -13.4. The molecular formula is C12H17F9OSi. The van der Waals surface area contributed by atoms with Crippen molar-refractivity contribution in [2.75, 3.05) is 6.61 Å². The van der Waals surface area contributed by atoms with E-state index in [1.807, 2.05) is 0 Å². The fraction of sp³-hybridized carbons (Fsp3) is 1.00. The lowest BCUT2D eigenvalue weighted by molar-refractivity contribution is -0.384. The third kappa shape index (κ3) is 2.98. The predicted molar refractivity (Wildman–Crippen MR) is 66.6 cm³/mol. The Kier molecular flexibility index (Phi) is 5.48. The molecule has 1 rings (SSSR count). The first-order valence-corrected chi connectivity index (χ1v) is 9.77. The highest BCUT2D eigenvalue weighted by atomic mass is 28.3. The van der Waals surface area contributed by atoms with Crippen LogP contribution in [-0.4, -0.2) is 44.0 Å². The van der Waals surface area contributed by atoms with Crippen molar-refractivity contribution in [2.45, 2.75) is 68.1 Å². The van der Waals surface area contributed by atoms with E-state index in [1.165, 1.54) is 0 Å². The largest absolute Gasteiger partial charge is 0.460 e. The third-order valence-corrected chi connectivity index (χ3v) is 9.58. The predicted octanol–water partition coefficient (Wildman–Crippen LogP) is 5.20. The minimum Gasteiger partial charge on any atom is -0.381 e. The van der Waals surface area contributed by atoms with Crippen LogP contribution in [0.5, 0.6) is 0 Å². The molecule has 0 bridgehead atoms. The van der Waals surface area contributed by atoms with Crippen molar-refractivity contribution in [1.82, 2.24) is 0 Å². The molecule has 0 N–H and O–H groups in total. The molecule has 0 aromatic heterocycles. The number of rotatable bonds is 5. The molecule has 1 aliphatic heterocycles. The zero-order chi connectivity index (χ0) is 18.3. The zero-order valence-corrected chi connectivity index (χ0v) is 13.4. The number of alkyl halides is 9. The van der Waals surface area contributed by atoms with Crippen molar-refractivity contribution in [3.63, 3.8) is 0 Å². The summed E-state index contributed by atoms with van der Waals surface area (Å²) in [6.45, 7) is 1.77. The molecule has 0 radical (unpaired) electrons. The van der Waals surface area contributed by atoms with E-state index in [9.17, 15) is 39.5 Å². The van der Waals surface area contributed by atoms with Gasteiger partial charge in [0.2, 0.25) is 0 Å². The molecule has 2 unspecified atom stereocenters. The van der Waals surface area contributed by atoms with Gasteiger partial charge in [0.15, 0.2) is 8.07 Å². The zero-order valence-electron chi connectivity index (χ0n) is 12.4. The van der Waals surface area contributed by atoms with Crippen molar-refractivity contribution < 1.29 is 44.3 Å². The van der Waals surface area contributed by atoms with Gasteiger partial charge in [-0.05, 0) is 19.3 Å². The maximum atomic E-state index is 14.3. The lowest BCUT2D eigenvalue weighted by Crippen LogP contribution is -2.73. The summed E-state index contributed by atoms with van der Waals surface area (Å²) in [4.78, 5) is 0. The first-order chi connectivity index (χ1) is 10.2. The molecule has 11 heteroatoms. The Morgan fingerprint density at radius 2 is 1.43 bits per heavy atom. The molecule has 1 heterocycles. The van der Waals surface area contributed by atoms with Crippen molar-refractivity contribution in [1.29, 1.82) is 0 Å². The average Bonchev–Trinajstić information content (AvgIpc) is 2.45. The van der Waals surface area contributed by atoms with Crippen LogP contribution in [0.3, 0.4) is 0 Å². The maximum Gasteiger partial charge on any atom is 0.460 e. The first-order valence-electron chi connectivity index (χ1n) is 6.98. The lowest BCUT2D eigenvalue weighted by atomic mass is 10.1. The molecule has 1 nitrogen and oxygen atoms in total. The molecule has 0 aromatic carbocycles. The van der Waals surface area contributed by atoms with Gasteiger partial charge < -0.3 is 4.74 Å². The monoisotopic (exact) mass is 376 g/mol. The summed E-state index contributed by atoms with van der Waals surface area (Å²) < 4.78 is 124. The van der Waals surface area contributed by atoms with Crippen LogP contribution in [0.15, 0.2) is 0 Å². The van der Waals surface area contributed by atoms with Gasteiger partial charge in [0, 0.05) is 6.61 Å². The molecule has 1 aliphatic rings. The topological polar surface area (TPSA) is 9.23 Å². The lowest BCUT2D eigenvalue weighted by Gasteiger charge is -2.46. The fourth-order valence-corrected chi connectivity index (χ4v) is 6.13. The Bertz CT molecular complexity index is 417. The Morgan fingerprint density at radius 3 is 1.78 bits per heavy atom. The number of hydrogen-bond donors (Lipinski definition) is 0. The van der Waals surface area contributed by atoms with Gasteiger partial charge in [-0.25, -0.2) is 8.78 Å². The summed E-state index contributed by atoms with van der Waals surface area (Å²) in [5.41, 5.74) is -6.89. The van der Waals surface area contributed by atoms with Gasteiger partial charge in [0.1, 0.15) is 0 Å². The molecular weight excluding hydrogens is 359 g/mol. The van der Waals surface area contributed by atoms with Crippen LogP contribution in [0.2, 0.25) is 12.6 Å². The molecule has 0 aromatic rings. The molecule has 0 amide bonds. The Morgan fingerprint density at radius 1 is 0.913 bits per heavy atom. The minimum atomic E-state index is -6.83. The van der Waals surface area contributed by atoms with E-state index >= 15 is 0 Å². The van der Waals surface area contributed by atoms with Gasteiger partial charge in [0.05, 0.1) is 5.73 Å². The van der Waals surface area contributed by atoms with Gasteiger partial charge in [0.25, 0.3) is 5.55 Å². The second-order valence-corrected chi connectivity index (χ2v) is 10.7. The van der Waals surface area contributed by atoms with Gasteiger partial charge in [-0.15, -0.1) is 0 Å².